The van der Waals surface area contributed by atoms with Gasteiger partial charge in [-0.3, -0.25) is 0 Å². The fourth-order valence-electron chi connectivity index (χ4n) is 2.45. The summed E-state index contributed by atoms with van der Waals surface area (Å²) in [5.74, 6) is 0. The largest absolute Gasteiger partial charge is 0.375 e. The Balaban J connectivity index is 2.53. The number of hydrogen-bond acceptors (Lipinski definition) is 2. The van der Waals surface area contributed by atoms with Crippen molar-refractivity contribution in [3.63, 3.8) is 0 Å². The van der Waals surface area contributed by atoms with Crippen LogP contribution in [0.2, 0.25) is 0 Å². The third-order valence-corrected chi connectivity index (χ3v) is 2.94. The minimum atomic E-state index is 0.126. The van der Waals surface area contributed by atoms with Gasteiger partial charge in [0, 0.05) is 12.6 Å². The Kier molecular flexibility index (Phi) is 4.20. The highest BCUT2D eigenvalue weighted by atomic mass is 16.5. The Morgan fingerprint density at radius 1 is 1.31 bits per heavy atom. The van der Waals surface area contributed by atoms with Gasteiger partial charge in [0.15, 0.2) is 0 Å². The van der Waals surface area contributed by atoms with Crippen LogP contribution >= 0.6 is 0 Å². The quantitative estimate of drug-likeness (QED) is 0.730. The monoisotopic (exact) mass is 185 g/mol. The van der Waals surface area contributed by atoms with Crippen LogP contribution in [0.3, 0.4) is 0 Å². The molecule has 0 amide bonds. The summed E-state index contributed by atoms with van der Waals surface area (Å²) < 4.78 is 5.94. The molecule has 1 fully saturated rings. The zero-order valence-electron chi connectivity index (χ0n) is 9.01. The summed E-state index contributed by atoms with van der Waals surface area (Å²) in [5.41, 5.74) is 6.12. The normalized spacial score (nSPS) is 27.5. The first-order chi connectivity index (χ1) is 6.22. The van der Waals surface area contributed by atoms with Gasteiger partial charge in [-0.05, 0) is 25.7 Å². The molecule has 1 aliphatic rings. The van der Waals surface area contributed by atoms with E-state index < -0.39 is 0 Å². The second-order valence-corrected chi connectivity index (χ2v) is 4.28. The summed E-state index contributed by atoms with van der Waals surface area (Å²) in [5, 5.41) is 0. The van der Waals surface area contributed by atoms with Gasteiger partial charge in [0.1, 0.15) is 0 Å². The summed E-state index contributed by atoms with van der Waals surface area (Å²) in [6, 6.07) is 0.367. The zero-order valence-corrected chi connectivity index (χ0v) is 9.01. The molecule has 1 aliphatic heterocycles. The number of nitrogens with two attached hydrogens (primary N) is 1. The van der Waals surface area contributed by atoms with Crippen LogP contribution < -0.4 is 5.73 Å². The van der Waals surface area contributed by atoms with E-state index in [1.54, 1.807) is 0 Å². The van der Waals surface area contributed by atoms with Crippen LogP contribution in [0.5, 0.6) is 0 Å². The van der Waals surface area contributed by atoms with Crippen LogP contribution in [0.1, 0.15) is 52.4 Å². The molecule has 1 heterocycles. The van der Waals surface area contributed by atoms with Crippen molar-refractivity contribution in [2.45, 2.75) is 64.0 Å². The molecular weight excluding hydrogens is 162 g/mol. The molecule has 0 saturated carbocycles. The molecule has 0 aromatic rings. The highest BCUT2D eigenvalue weighted by Crippen LogP contribution is 2.33. The minimum absolute atomic E-state index is 0.126. The number of ether oxygens (including phenoxy) is 1. The lowest BCUT2D eigenvalue weighted by molar-refractivity contribution is -0.0951. The molecule has 0 spiro atoms. The first kappa shape index (κ1) is 11.0. The van der Waals surface area contributed by atoms with Gasteiger partial charge in [-0.1, -0.05) is 26.7 Å². The molecule has 0 aromatic heterocycles. The molecule has 78 valence electrons. The van der Waals surface area contributed by atoms with E-state index >= 15 is 0 Å². The predicted molar refractivity (Wildman–Crippen MR) is 55.7 cm³/mol. The van der Waals surface area contributed by atoms with E-state index in [1.807, 2.05) is 0 Å². The first-order valence-corrected chi connectivity index (χ1v) is 5.62. The van der Waals surface area contributed by atoms with Gasteiger partial charge in [0.25, 0.3) is 0 Å². The molecule has 1 saturated heterocycles. The third kappa shape index (κ3) is 2.96. The van der Waals surface area contributed by atoms with Gasteiger partial charge in [-0.2, -0.15) is 0 Å². The summed E-state index contributed by atoms with van der Waals surface area (Å²) in [6.45, 7) is 5.31. The van der Waals surface area contributed by atoms with E-state index in [1.165, 1.54) is 25.7 Å². The summed E-state index contributed by atoms with van der Waals surface area (Å²) >= 11 is 0. The fraction of sp³-hybridized carbons (Fsp3) is 1.00. The zero-order chi connectivity index (χ0) is 9.73. The third-order valence-electron chi connectivity index (χ3n) is 2.94. The number of hydrogen-bond donors (Lipinski definition) is 1. The molecule has 0 aliphatic carbocycles. The lowest BCUT2D eigenvalue weighted by atomic mass is 9.83. The average molecular weight is 185 g/mol. The lowest BCUT2D eigenvalue weighted by Crippen LogP contribution is -2.44. The maximum absolute atomic E-state index is 5.99. The SMILES string of the molecule is CCCC1(CCC)CC(N)CCO1. The van der Waals surface area contributed by atoms with Crippen molar-refractivity contribution < 1.29 is 4.74 Å². The highest BCUT2D eigenvalue weighted by molar-refractivity contribution is 4.87. The van der Waals surface area contributed by atoms with Crippen LogP contribution in [0.25, 0.3) is 0 Å². The predicted octanol–water partition coefficient (Wildman–Crippen LogP) is 2.46. The van der Waals surface area contributed by atoms with Gasteiger partial charge >= 0.3 is 0 Å². The second-order valence-electron chi connectivity index (χ2n) is 4.28. The Hall–Kier alpha value is -0.0800. The summed E-state index contributed by atoms with van der Waals surface area (Å²) in [6.07, 6.45) is 6.85. The molecule has 0 radical (unpaired) electrons. The first-order valence-electron chi connectivity index (χ1n) is 5.62. The molecule has 0 bridgehead atoms. The van der Waals surface area contributed by atoms with Crippen LogP contribution in [0.4, 0.5) is 0 Å². The summed E-state index contributed by atoms with van der Waals surface area (Å²) in [4.78, 5) is 0. The van der Waals surface area contributed by atoms with Gasteiger partial charge in [0.05, 0.1) is 5.60 Å². The maximum atomic E-state index is 5.99. The minimum Gasteiger partial charge on any atom is -0.375 e. The maximum Gasteiger partial charge on any atom is 0.0697 e. The Morgan fingerprint density at radius 2 is 1.92 bits per heavy atom. The van der Waals surface area contributed by atoms with Gasteiger partial charge in [-0.25, -0.2) is 0 Å². The standard InChI is InChI=1S/C11H23NO/c1-3-6-11(7-4-2)9-10(12)5-8-13-11/h10H,3-9,12H2,1-2H3. The summed E-state index contributed by atoms with van der Waals surface area (Å²) in [7, 11) is 0. The molecule has 13 heavy (non-hydrogen) atoms. The molecule has 0 aromatic carbocycles. The van der Waals surface area contributed by atoms with Crippen LogP contribution in [-0.4, -0.2) is 18.2 Å². The lowest BCUT2D eigenvalue weighted by Gasteiger charge is -2.40. The van der Waals surface area contributed by atoms with E-state index in [0.717, 1.165) is 19.4 Å². The molecule has 1 unspecified atom stereocenters. The van der Waals surface area contributed by atoms with E-state index in [-0.39, 0.29) is 5.60 Å². The van der Waals surface area contributed by atoms with E-state index in [0.29, 0.717) is 6.04 Å². The van der Waals surface area contributed by atoms with Crippen molar-refractivity contribution in [3.05, 3.63) is 0 Å². The molecule has 2 N–H and O–H groups in total. The van der Waals surface area contributed by atoms with Crippen molar-refractivity contribution in [2.75, 3.05) is 6.61 Å². The van der Waals surface area contributed by atoms with Crippen LogP contribution in [0.15, 0.2) is 0 Å². The second kappa shape index (κ2) is 4.97. The number of rotatable bonds is 4. The highest BCUT2D eigenvalue weighted by Gasteiger charge is 2.34. The van der Waals surface area contributed by atoms with E-state index in [9.17, 15) is 0 Å². The Morgan fingerprint density at radius 3 is 2.38 bits per heavy atom. The van der Waals surface area contributed by atoms with E-state index in [2.05, 4.69) is 13.8 Å². The molecular formula is C11H23NO. The molecule has 1 rings (SSSR count). The van der Waals surface area contributed by atoms with Crippen molar-refractivity contribution in [2.24, 2.45) is 5.73 Å². The molecule has 2 heteroatoms. The van der Waals surface area contributed by atoms with E-state index in [4.69, 9.17) is 10.5 Å². The molecule has 1 atom stereocenters. The van der Waals surface area contributed by atoms with Gasteiger partial charge < -0.3 is 10.5 Å². The fourth-order valence-corrected chi connectivity index (χ4v) is 2.45. The Bertz CT molecular complexity index is 136. The van der Waals surface area contributed by atoms with Crippen molar-refractivity contribution in [3.8, 4) is 0 Å². The van der Waals surface area contributed by atoms with Crippen molar-refractivity contribution >= 4 is 0 Å². The average Bonchev–Trinajstić information content (AvgIpc) is 2.04. The van der Waals surface area contributed by atoms with Gasteiger partial charge in [-0.15, -0.1) is 0 Å². The smallest absolute Gasteiger partial charge is 0.0697 e. The van der Waals surface area contributed by atoms with Crippen molar-refractivity contribution in [1.29, 1.82) is 0 Å². The van der Waals surface area contributed by atoms with Crippen molar-refractivity contribution in [1.82, 2.24) is 0 Å². The van der Waals surface area contributed by atoms with Crippen LogP contribution in [0, 0.1) is 0 Å². The van der Waals surface area contributed by atoms with Crippen LogP contribution in [-0.2, 0) is 4.74 Å². The Labute approximate surface area is 81.8 Å². The van der Waals surface area contributed by atoms with Gasteiger partial charge in [0.2, 0.25) is 0 Å². The molecule has 2 nitrogen and oxygen atoms in total. The topological polar surface area (TPSA) is 35.2 Å².